The van der Waals surface area contributed by atoms with Crippen molar-refractivity contribution >= 4 is 11.9 Å². The van der Waals surface area contributed by atoms with Gasteiger partial charge in [0.1, 0.15) is 0 Å². The Hall–Kier alpha value is -2.88. The van der Waals surface area contributed by atoms with Crippen LogP contribution in [0.25, 0.3) is 5.69 Å². The highest BCUT2D eigenvalue weighted by Crippen LogP contribution is 2.42. The number of hydrogen-bond donors (Lipinski definition) is 2. The van der Waals surface area contributed by atoms with Crippen LogP contribution < -0.4 is 5.32 Å². The lowest BCUT2D eigenvalue weighted by molar-refractivity contribution is -0.140. The van der Waals surface area contributed by atoms with Crippen LogP contribution in [0.5, 0.6) is 0 Å². The Morgan fingerprint density at radius 2 is 2.11 bits per heavy atom. The molecule has 1 unspecified atom stereocenters. The summed E-state index contributed by atoms with van der Waals surface area (Å²) in [6.07, 6.45) is -1.72. The van der Waals surface area contributed by atoms with Crippen molar-refractivity contribution in [3.8, 4) is 5.69 Å². The Bertz CT molecular complexity index is 890. The molecular formula is C18H18F3N3O4. The number of carbonyl (C=O) groups is 2. The van der Waals surface area contributed by atoms with Crippen LogP contribution >= 0.6 is 0 Å². The summed E-state index contributed by atoms with van der Waals surface area (Å²) >= 11 is 0. The number of hydrogen-bond acceptors (Lipinski definition) is 4. The van der Waals surface area contributed by atoms with Gasteiger partial charge in [-0.3, -0.25) is 4.79 Å². The Balaban J connectivity index is 1.95. The number of methoxy groups -OCH3 is 1. The first-order valence-electron chi connectivity index (χ1n) is 8.50. The average molecular weight is 397 g/mol. The lowest BCUT2D eigenvalue weighted by Gasteiger charge is -2.14. The maximum Gasteiger partial charge on any atom is 0.416 e. The van der Waals surface area contributed by atoms with E-state index in [0.29, 0.717) is 5.69 Å². The zero-order valence-corrected chi connectivity index (χ0v) is 14.9. The first kappa shape index (κ1) is 19.9. The third-order valence-electron chi connectivity index (χ3n) is 4.37. The van der Waals surface area contributed by atoms with E-state index in [1.54, 1.807) is 0 Å². The second-order valence-corrected chi connectivity index (χ2v) is 6.50. The molecule has 2 aromatic rings. The minimum atomic E-state index is -4.50. The van der Waals surface area contributed by atoms with Crippen molar-refractivity contribution in [2.45, 2.75) is 31.0 Å². The molecule has 1 fully saturated rings. The number of aliphatic carboxylic acids is 1. The largest absolute Gasteiger partial charge is 0.480 e. The van der Waals surface area contributed by atoms with Gasteiger partial charge >= 0.3 is 12.1 Å². The zero-order valence-electron chi connectivity index (χ0n) is 14.9. The van der Waals surface area contributed by atoms with Gasteiger partial charge in [-0.2, -0.15) is 18.3 Å². The van der Waals surface area contributed by atoms with Crippen LogP contribution in [0.2, 0.25) is 0 Å². The zero-order chi connectivity index (χ0) is 20.5. The molecular weight excluding hydrogens is 379 g/mol. The number of amides is 1. The van der Waals surface area contributed by atoms with Crippen LogP contribution in [0.3, 0.4) is 0 Å². The predicted octanol–water partition coefficient (Wildman–Crippen LogP) is 2.60. The Labute approximate surface area is 158 Å². The standard InChI is InChI=1S/C18H18F3N3O4/c1-28-9-14(17(26)27)23-16(25)13-8-22-24(15(13)10-5-6-10)12-4-2-3-11(7-12)18(19,20)21/h2-4,7-8,10,14H,5-6,9H2,1H3,(H,23,25)(H,26,27). The molecule has 28 heavy (non-hydrogen) atoms. The van der Waals surface area contributed by atoms with Crippen LogP contribution in [0, 0.1) is 0 Å². The van der Waals surface area contributed by atoms with Gasteiger partial charge < -0.3 is 15.2 Å². The van der Waals surface area contributed by atoms with Crippen LogP contribution in [-0.4, -0.2) is 46.5 Å². The number of carboxylic acid groups (broad SMARTS) is 1. The molecule has 0 bridgehead atoms. The van der Waals surface area contributed by atoms with Crippen molar-refractivity contribution in [3.63, 3.8) is 0 Å². The van der Waals surface area contributed by atoms with E-state index < -0.39 is 29.7 Å². The Morgan fingerprint density at radius 1 is 1.39 bits per heavy atom. The van der Waals surface area contributed by atoms with E-state index in [-0.39, 0.29) is 23.8 Å². The van der Waals surface area contributed by atoms with Crippen molar-refractivity contribution in [1.29, 1.82) is 0 Å². The van der Waals surface area contributed by atoms with Crippen molar-refractivity contribution in [1.82, 2.24) is 15.1 Å². The minimum Gasteiger partial charge on any atom is -0.480 e. The molecule has 1 aliphatic rings. The number of ether oxygens (including phenoxy) is 1. The Kier molecular flexibility index (Phi) is 5.41. The maximum atomic E-state index is 13.0. The van der Waals surface area contributed by atoms with Crippen molar-refractivity contribution in [3.05, 3.63) is 47.3 Å². The molecule has 10 heteroatoms. The van der Waals surface area contributed by atoms with Crippen molar-refractivity contribution in [2.75, 3.05) is 13.7 Å². The summed E-state index contributed by atoms with van der Waals surface area (Å²) in [5.74, 6) is -1.94. The molecule has 0 radical (unpaired) electrons. The number of rotatable bonds is 7. The fourth-order valence-corrected chi connectivity index (χ4v) is 2.88. The fraction of sp³-hybridized carbons (Fsp3) is 0.389. The molecule has 7 nitrogen and oxygen atoms in total. The van der Waals surface area contributed by atoms with Crippen LogP contribution in [0.1, 0.15) is 40.4 Å². The van der Waals surface area contributed by atoms with E-state index in [2.05, 4.69) is 10.4 Å². The van der Waals surface area contributed by atoms with Gasteiger partial charge in [0.05, 0.1) is 35.3 Å². The van der Waals surface area contributed by atoms with Crippen molar-refractivity contribution < 1.29 is 32.6 Å². The van der Waals surface area contributed by atoms with Crippen molar-refractivity contribution in [2.24, 2.45) is 0 Å². The molecule has 1 saturated carbocycles. The summed E-state index contributed by atoms with van der Waals surface area (Å²) in [5, 5.41) is 15.6. The molecule has 2 N–H and O–H groups in total. The molecule has 1 aliphatic carbocycles. The summed E-state index contributed by atoms with van der Waals surface area (Å²) in [5.41, 5.74) is -0.0256. The third-order valence-corrected chi connectivity index (χ3v) is 4.37. The number of benzene rings is 1. The summed E-state index contributed by atoms with van der Waals surface area (Å²) < 4.78 is 45.2. The first-order chi connectivity index (χ1) is 13.2. The van der Waals surface area contributed by atoms with Gasteiger partial charge in [-0.1, -0.05) is 6.07 Å². The van der Waals surface area contributed by atoms with Gasteiger partial charge in [0.2, 0.25) is 0 Å². The second-order valence-electron chi connectivity index (χ2n) is 6.50. The van der Waals surface area contributed by atoms with E-state index >= 15 is 0 Å². The smallest absolute Gasteiger partial charge is 0.416 e. The quantitative estimate of drug-likeness (QED) is 0.749. The number of carboxylic acids is 1. The average Bonchev–Trinajstić information content (AvgIpc) is 3.38. The summed E-state index contributed by atoms with van der Waals surface area (Å²) in [4.78, 5) is 23.8. The number of nitrogens with one attached hydrogen (secondary N) is 1. The molecule has 1 aromatic heterocycles. The molecule has 3 rings (SSSR count). The number of nitrogens with zero attached hydrogens (tertiary/aromatic N) is 2. The molecule has 0 saturated heterocycles. The van der Waals surface area contributed by atoms with Crippen LogP contribution in [-0.2, 0) is 15.7 Å². The fourth-order valence-electron chi connectivity index (χ4n) is 2.88. The minimum absolute atomic E-state index is 0.0245. The summed E-state index contributed by atoms with van der Waals surface area (Å²) in [7, 11) is 1.31. The highest BCUT2D eigenvalue weighted by molar-refractivity contribution is 5.97. The number of alkyl halides is 3. The lowest BCUT2D eigenvalue weighted by Crippen LogP contribution is -2.44. The SMILES string of the molecule is COCC(NC(=O)c1cnn(-c2cccc(C(F)(F)F)c2)c1C1CC1)C(=O)O. The van der Waals surface area contributed by atoms with E-state index in [1.165, 1.54) is 30.1 Å². The summed E-state index contributed by atoms with van der Waals surface area (Å²) in [6.45, 7) is -0.221. The van der Waals surface area contributed by atoms with Gasteiger partial charge in [0.15, 0.2) is 6.04 Å². The van der Waals surface area contributed by atoms with Gasteiger partial charge in [-0.05, 0) is 31.0 Å². The molecule has 1 aromatic carbocycles. The van der Waals surface area contributed by atoms with Gasteiger partial charge in [-0.15, -0.1) is 0 Å². The van der Waals surface area contributed by atoms with Gasteiger partial charge in [-0.25, -0.2) is 9.48 Å². The highest BCUT2D eigenvalue weighted by atomic mass is 19.4. The third kappa shape index (κ3) is 4.16. The second kappa shape index (κ2) is 7.63. The van der Waals surface area contributed by atoms with E-state index in [0.717, 1.165) is 25.0 Å². The normalized spacial score (nSPS) is 15.3. The van der Waals surface area contributed by atoms with E-state index in [1.807, 2.05) is 0 Å². The topological polar surface area (TPSA) is 93.5 Å². The monoisotopic (exact) mass is 397 g/mol. The predicted molar refractivity (Wildman–Crippen MR) is 91.3 cm³/mol. The first-order valence-corrected chi connectivity index (χ1v) is 8.50. The number of aromatic nitrogens is 2. The molecule has 0 aliphatic heterocycles. The molecule has 1 heterocycles. The summed E-state index contributed by atoms with van der Waals surface area (Å²) in [6, 6.07) is 3.42. The lowest BCUT2D eigenvalue weighted by atomic mass is 10.1. The number of halogens is 3. The van der Waals surface area contributed by atoms with E-state index in [9.17, 15) is 22.8 Å². The number of carbonyl (C=O) groups excluding carboxylic acids is 1. The Morgan fingerprint density at radius 3 is 2.68 bits per heavy atom. The van der Waals surface area contributed by atoms with E-state index in [4.69, 9.17) is 9.84 Å². The highest BCUT2D eigenvalue weighted by Gasteiger charge is 2.35. The van der Waals surface area contributed by atoms with Crippen LogP contribution in [0.4, 0.5) is 13.2 Å². The maximum absolute atomic E-state index is 13.0. The molecule has 150 valence electrons. The molecule has 1 amide bonds. The molecule has 1 atom stereocenters. The van der Waals surface area contributed by atoms with Gasteiger partial charge in [0, 0.05) is 13.0 Å². The molecule has 0 spiro atoms. The van der Waals surface area contributed by atoms with Gasteiger partial charge in [0.25, 0.3) is 5.91 Å². The van der Waals surface area contributed by atoms with Crippen LogP contribution in [0.15, 0.2) is 30.5 Å².